The van der Waals surface area contributed by atoms with E-state index in [0.29, 0.717) is 18.9 Å². The first-order valence-electron chi connectivity index (χ1n) is 7.34. The van der Waals surface area contributed by atoms with Crippen LogP contribution in [0.5, 0.6) is 0 Å². The Morgan fingerprint density at radius 2 is 2.19 bits per heavy atom. The normalized spacial score (nSPS) is 28.0. The molecule has 3 rings (SSSR count). The first kappa shape index (κ1) is 14.5. The molecule has 2 saturated carbocycles. The number of carbonyl (C=O) groups is 1. The van der Waals surface area contributed by atoms with Gasteiger partial charge in [-0.2, -0.15) is 4.68 Å². The molecule has 0 spiro atoms. The molecule has 7 nitrogen and oxygen atoms in total. The quantitative estimate of drug-likeness (QED) is 0.836. The molecule has 0 aromatic carbocycles. The highest BCUT2D eigenvalue weighted by Gasteiger charge is 2.47. The second-order valence-electron chi connectivity index (χ2n) is 6.03. The van der Waals surface area contributed by atoms with Gasteiger partial charge in [0.1, 0.15) is 6.33 Å². The second-order valence-corrected chi connectivity index (χ2v) is 8.09. The zero-order chi connectivity index (χ0) is 15.2. The number of sulfone groups is 1. The minimum atomic E-state index is -3.53. The van der Waals surface area contributed by atoms with Crippen LogP contribution in [0.1, 0.15) is 32.6 Å². The molecule has 0 radical (unpaired) electrons. The smallest absolute Gasteiger partial charge is 0.326 e. The average Bonchev–Trinajstić information content (AvgIpc) is 3.20. The predicted molar refractivity (Wildman–Crippen MR) is 75.5 cm³/mol. The van der Waals surface area contributed by atoms with Crippen LogP contribution in [-0.2, 0) is 9.84 Å². The van der Waals surface area contributed by atoms with Gasteiger partial charge < -0.3 is 4.90 Å². The molecule has 2 fully saturated rings. The summed E-state index contributed by atoms with van der Waals surface area (Å²) in [5.41, 5.74) is 0. The summed E-state index contributed by atoms with van der Waals surface area (Å²) < 4.78 is 26.3. The lowest BCUT2D eigenvalue weighted by molar-refractivity contribution is 0.209. The molecule has 21 heavy (non-hydrogen) atoms. The van der Waals surface area contributed by atoms with E-state index in [1.54, 1.807) is 7.05 Å². The number of hydrogen-bond donors (Lipinski definition) is 0. The van der Waals surface area contributed by atoms with Gasteiger partial charge in [0.15, 0.2) is 0 Å². The van der Waals surface area contributed by atoms with Crippen LogP contribution < -0.4 is 0 Å². The van der Waals surface area contributed by atoms with Crippen molar-refractivity contribution in [3.8, 4) is 0 Å². The molecule has 1 heterocycles. The number of nitrogens with zero attached hydrogens (tertiary/aromatic N) is 4. The Labute approximate surface area is 124 Å². The Bertz CT molecular complexity index is 654. The lowest BCUT2D eigenvalue weighted by atomic mass is 10.0. The average molecular weight is 312 g/mol. The van der Waals surface area contributed by atoms with Crippen LogP contribution in [0.25, 0.3) is 0 Å². The predicted octanol–water partition coefficient (Wildman–Crippen LogP) is 1.16. The van der Waals surface area contributed by atoms with E-state index in [1.165, 1.54) is 11.2 Å². The number of hydrogen-bond acceptors (Lipinski definition) is 5. The van der Waals surface area contributed by atoms with Crippen LogP contribution >= 0.6 is 0 Å². The Balaban J connectivity index is 1.84. The van der Waals surface area contributed by atoms with E-state index in [4.69, 9.17) is 0 Å². The Hall–Kier alpha value is -1.44. The van der Waals surface area contributed by atoms with Crippen LogP contribution in [0, 0.1) is 11.8 Å². The summed E-state index contributed by atoms with van der Waals surface area (Å²) >= 11 is 0. The van der Waals surface area contributed by atoms with E-state index in [1.807, 2.05) is 6.92 Å². The minimum Gasteiger partial charge on any atom is -0.326 e. The maximum absolute atomic E-state index is 12.6. The Morgan fingerprint density at radius 1 is 1.43 bits per heavy atom. The van der Waals surface area contributed by atoms with Gasteiger partial charge in [0.2, 0.25) is 9.84 Å². The van der Waals surface area contributed by atoms with Crippen molar-refractivity contribution >= 4 is 15.9 Å². The molecule has 8 heteroatoms. The van der Waals surface area contributed by atoms with Gasteiger partial charge in [0.05, 0.1) is 5.25 Å². The highest BCUT2D eigenvalue weighted by atomic mass is 32.2. The summed E-state index contributed by atoms with van der Waals surface area (Å²) in [6.45, 7) is 2.36. The van der Waals surface area contributed by atoms with Crippen molar-refractivity contribution in [2.24, 2.45) is 11.8 Å². The number of amides is 1. The zero-order valence-corrected chi connectivity index (χ0v) is 13.1. The molecule has 0 N–H and O–H groups in total. The Morgan fingerprint density at radius 3 is 2.76 bits per heavy atom. The fourth-order valence-electron chi connectivity index (χ4n) is 3.48. The standard InChI is InChI=1S/C13H20N4O3S/c1-3-16(2)13(18)17-8-14-12(15-17)21(19,20)11-7-9-4-5-10(11)6-9/h8-11H,3-7H2,1-2H3. The van der Waals surface area contributed by atoms with Crippen molar-refractivity contribution in [1.29, 1.82) is 0 Å². The van der Waals surface area contributed by atoms with Crippen LogP contribution in [0.3, 0.4) is 0 Å². The molecule has 2 bridgehead atoms. The first-order valence-corrected chi connectivity index (χ1v) is 8.89. The van der Waals surface area contributed by atoms with E-state index < -0.39 is 9.84 Å². The summed E-state index contributed by atoms with van der Waals surface area (Å²) in [7, 11) is -1.90. The Kier molecular flexibility index (Phi) is 3.51. The highest BCUT2D eigenvalue weighted by molar-refractivity contribution is 7.91. The van der Waals surface area contributed by atoms with Crippen molar-refractivity contribution in [3.63, 3.8) is 0 Å². The molecular formula is C13H20N4O3S. The van der Waals surface area contributed by atoms with Gasteiger partial charge in [-0.1, -0.05) is 6.42 Å². The van der Waals surface area contributed by atoms with Crippen LogP contribution in [0.4, 0.5) is 4.79 Å². The fraction of sp³-hybridized carbons (Fsp3) is 0.769. The molecule has 116 valence electrons. The van der Waals surface area contributed by atoms with E-state index in [0.717, 1.165) is 23.9 Å². The molecule has 1 aromatic rings. The summed E-state index contributed by atoms with van der Waals surface area (Å²) in [6, 6.07) is -0.376. The minimum absolute atomic E-state index is 0.210. The van der Waals surface area contributed by atoms with E-state index in [9.17, 15) is 13.2 Å². The molecule has 3 atom stereocenters. The van der Waals surface area contributed by atoms with Crippen molar-refractivity contribution < 1.29 is 13.2 Å². The van der Waals surface area contributed by atoms with Gasteiger partial charge in [-0.05, 0) is 38.0 Å². The topological polar surface area (TPSA) is 85.2 Å². The largest absolute Gasteiger partial charge is 0.345 e. The number of rotatable bonds is 3. The monoisotopic (exact) mass is 312 g/mol. The van der Waals surface area contributed by atoms with Crippen molar-refractivity contribution in [2.75, 3.05) is 13.6 Å². The lowest BCUT2D eigenvalue weighted by Crippen LogP contribution is -2.32. The third-order valence-corrected chi connectivity index (χ3v) is 6.86. The fourth-order valence-corrected chi connectivity index (χ4v) is 5.43. The number of fused-ring (bicyclic) bond motifs is 2. The molecule has 0 saturated heterocycles. The zero-order valence-electron chi connectivity index (χ0n) is 12.3. The van der Waals surface area contributed by atoms with Gasteiger partial charge in [0, 0.05) is 13.6 Å². The molecule has 3 unspecified atom stereocenters. The van der Waals surface area contributed by atoms with Crippen molar-refractivity contribution in [3.05, 3.63) is 6.33 Å². The van der Waals surface area contributed by atoms with Crippen molar-refractivity contribution in [1.82, 2.24) is 19.7 Å². The third-order valence-electron chi connectivity index (χ3n) is 4.79. The number of aromatic nitrogens is 3. The van der Waals surface area contributed by atoms with Gasteiger partial charge in [-0.25, -0.2) is 18.2 Å². The number of carbonyl (C=O) groups excluding carboxylic acids is 1. The van der Waals surface area contributed by atoms with Crippen LogP contribution in [0.2, 0.25) is 0 Å². The van der Waals surface area contributed by atoms with Gasteiger partial charge in [0.25, 0.3) is 5.16 Å². The van der Waals surface area contributed by atoms with E-state index >= 15 is 0 Å². The molecule has 1 amide bonds. The maximum atomic E-state index is 12.6. The first-order chi connectivity index (χ1) is 9.93. The third kappa shape index (κ3) is 2.35. The molecule has 2 aliphatic rings. The van der Waals surface area contributed by atoms with Crippen LogP contribution in [0.15, 0.2) is 11.5 Å². The van der Waals surface area contributed by atoms with Gasteiger partial charge in [-0.15, -0.1) is 5.10 Å². The van der Waals surface area contributed by atoms with E-state index in [-0.39, 0.29) is 22.4 Å². The molecule has 1 aromatic heterocycles. The molecular weight excluding hydrogens is 292 g/mol. The summed E-state index contributed by atoms with van der Waals surface area (Å²) in [4.78, 5) is 17.3. The summed E-state index contributed by atoms with van der Waals surface area (Å²) in [6.07, 6.45) is 5.02. The van der Waals surface area contributed by atoms with Crippen LogP contribution in [-0.4, -0.2) is 53.0 Å². The second kappa shape index (κ2) is 5.08. The van der Waals surface area contributed by atoms with Gasteiger partial charge in [-0.3, -0.25) is 0 Å². The summed E-state index contributed by atoms with van der Waals surface area (Å²) in [5, 5.41) is 3.33. The van der Waals surface area contributed by atoms with Gasteiger partial charge >= 0.3 is 6.03 Å². The molecule has 0 aliphatic heterocycles. The van der Waals surface area contributed by atoms with Crippen molar-refractivity contribution in [2.45, 2.75) is 43.0 Å². The highest BCUT2D eigenvalue weighted by Crippen LogP contribution is 2.48. The summed E-state index contributed by atoms with van der Waals surface area (Å²) in [5.74, 6) is 0.769. The SMILES string of the molecule is CCN(C)C(=O)n1cnc(S(=O)(=O)C2CC3CCC2C3)n1. The van der Waals surface area contributed by atoms with E-state index in [2.05, 4.69) is 10.1 Å². The molecule has 2 aliphatic carbocycles. The lowest BCUT2D eigenvalue weighted by Gasteiger charge is -2.19. The maximum Gasteiger partial charge on any atom is 0.345 e.